The van der Waals surface area contributed by atoms with Crippen LogP contribution in [0.4, 0.5) is 23.2 Å². The number of rotatable bonds is 2. The summed E-state index contributed by atoms with van der Waals surface area (Å²) in [5.41, 5.74) is 6.61. The average Bonchev–Trinajstić information content (AvgIpc) is 2.57. The zero-order valence-corrected chi connectivity index (χ0v) is 15.2. The molecule has 0 fully saturated rings. The molecule has 0 saturated carbocycles. The summed E-state index contributed by atoms with van der Waals surface area (Å²) < 4.78 is 61.2. The molecule has 0 aromatic heterocycles. The smallest absolute Gasteiger partial charge is 0.206 e. The van der Waals surface area contributed by atoms with Crippen LogP contribution < -0.4 is 10.5 Å². The molecule has 2 aromatic rings. The number of halogens is 4. The maximum Gasteiger partial charge on any atom is 0.206 e. The van der Waals surface area contributed by atoms with Crippen molar-refractivity contribution >= 4 is 13.8 Å². The molecule has 0 spiro atoms. The van der Waals surface area contributed by atoms with Gasteiger partial charge in [-0.25, -0.2) is 13.2 Å². The molecule has 0 bridgehead atoms. The quantitative estimate of drug-likeness (QED) is 0.270. The van der Waals surface area contributed by atoms with Crippen molar-refractivity contribution in [2.45, 2.75) is 19.6 Å². The van der Waals surface area contributed by atoms with E-state index in [1.54, 1.807) is 6.07 Å². The summed E-state index contributed by atoms with van der Waals surface area (Å²) in [4.78, 5) is 0. The summed E-state index contributed by atoms with van der Waals surface area (Å²) >= 11 is 0. The Morgan fingerprint density at radius 2 is 1.69 bits per heavy atom. The van der Waals surface area contributed by atoms with E-state index in [2.05, 4.69) is 11.5 Å². The zero-order valence-electron chi connectivity index (χ0n) is 14.2. The van der Waals surface area contributed by atoms with Crippen LogP contribution in [0.1, 0.15) is 11.1 Å². The number of nitrogens with zero attached hydrogens (tertiary/aromatic N) is 1. The maximum absolute atomic E-state index is 14.7. The first-order valence-corrected chi connectivity index (χ1v) is 10.9. The third kappa shape index (κ3) is 3.98. The van der Waals surface area contributed by atoms with Gasteiger partial charge in [-0.3, -0.25) is 0 Å². The first kappa shape index (κ1) is 19.4. The lowest BCUT2D eigenvalue weighted by Crippen LogP contribution is -2.16. The van der Waals surface area contributed by atoms with Crippen LogP contribution >= 0.6 is 0 Å². The standard InChI is InChI=1S/C18H14F4N2OSi/c1-26(2,3)7-6-12-14(20)18(16(22)15(21)17(12)24)25-11-4-5-13(19)10(8-11)9-23/h4-5,8H,24H2,1-3H3. The van der Waals surface area contributed by atoms with Crippen molar-refractivity contribution in [3.8, 4) is 29.0 Å². The lowest BCUT2D eigenvalue weighted by atomic mass is 10.1. The second-order valence-corrected chi connectivity index (χ2v) is 11.2. The lowest BCUT2D eigenvalue weighted by molar-refractivity contribution is 0.386. The van der Waals surface area contributed by atoms with E-state index in [1.807, 2.05) is 19.6 Å². The summed E-state index contributed by atoms with van der Waals surface area (Å²) in [6.07, 6.45) is 0. The van der Waals surface area contributed by atoms with Gasteiger partial charge >= 0.3 is 0 Å². The Hall–Kier alpha value is -2.97. The Morgan fingerprint density at radius 1 is 1.04 bits per heavy atom. The molecule has 0 heterocycles. The predicted molar refractivity (Wildman–Crippen MR) is 92.1 cm³/mol. The Balaban J connectivity index is 2.61. The number of ether oxygens (including phenoxy) is 1. The van der Waals surface area contributed by atoms with Gasteiger partial charge < -0.3 is 10.5 Å². The molecule has 2 N–H and O–H groups in total. The number of nitrogen functional groups attached to an aromatic ring is 1. The van der Waals surface area contributed by atoms with E-state index >= 15 is 0 Å². The van der Waals surface area contributed by atoms with Gasteiger partial charge in [-0.2, -0.15) is 9.65 Å². The van der Waals surface area contributed by atoms with Gasteiger partial charge in [0, 0.05) is 6.07 Å². The van der Waals surface area contributed by atoms with Gasteiger partial charge in [0.25, 0.3) is 0 Å². The van der Waals surface area contributed by atoms with Crippen molar-refractivity contribution in [2.75, 3.05) is 5.73 Å². The summed E-state index contributed by atoms with van der Waals surface area (Å²) in [5.74, 6) is -4.08. The molecule has 0 aliphatic carbocycles. The monoisotopic (exact) mass is 378 g/mol. The van der Waals surface area contributed by atoms with Crippen LogP contribution in [-0.4, -0.2) is 8.07 Å². The molecule has 0 aliphatic heterocycles. The molecule has 2 aromatic carbocycles. The van der Waals surface area contributed by atoms with Gasteiger partial charge in [-0.1, -0.05) is 25.6 Å². The van der Waals surface area contributed by atoms with Crippen LogP contribution in [0.5, 0.6) is 11.5 Å². The van der Waals surface area contributed by atoms with Crippen molar-refractivity contribution in [1.82, 2.24) is 0 Å². The zero-order chi connectivity index (χ0) is 19.6. The van der Waals surface area contributed by atoms with Crippen LogP contribution in [0, 0.1) is 46.1 Å². The largest absolute Gasteiger partial charge is 0.451 e. The third-order valence-corrected chi connectivity index (χ3v) is 4.03. The minimum atomic E-state index is -1.95. The molecule has 0 radical (unpaired) electrons. The minimum Gasteiger partial charge on any atom is -0.451 e. The molecule has 0 aliphatic rings. The molecular formula is C18H14F4N2OSi. The molecule has 134 valence electrons. The van der Waals surface area contributed by atoms with E-state index in [4.69, 9.17) is 15.7 Å². The Bertz CT molecular complexity index is 982. The van der Waals surface area contributed by atoms with Gasteiger partial charge in [0.1, 0.15) is 25.7 Å². The Morgan fingerprint density at radius 3 is 2.27 bits per heavy atom. The fourth-order valence-electron chi connectivity index (χ4n) is 1.89. The molecule has 26 heavy (non-hydrogen) atoms. The van der Waals surface area contributed by atoms with Crippen LogP contribution in [0.25, 0.3) is 0 Å². The van der Waals surface area contributed by atoms with E-state index in [0.717, 1.165) is 18.2 Å². The van der Waals surface area contributed by atoms with Crippen LogP contribution in [0.2, 0.25) is 19.6 Å². The first-order valence-electron chi connectivity index (χ1n) is 7.41. The Kier molecular flexibility index (Phi) is 5.29. The minimum absolute atomic E-state index is 0.242. The van der Waals surface area contributed by atoms with Crippen molar-refractivity contribution in [3.05, 3.63) is 52.6 Å². The lowest BCUT2D eigenvalue weighted by Gasteiger charge is -2.13. The fourth-order valence-corrected chi connectivity index (χ4v) is 2.39. The van der Waals surface area contributed by atoms with E-state index in [1.165, 1.54) is 0 Å². The van der Waals surface area contributed by atoms with Gasteiger partial charge in [0.2, 0.25) is 11.6 Å². The van der Waals surface area contributed by atoms with Gasteiger partial charge in [-0.05, 0) is 12.1 Å². The number of nitrogens with two attached hydrogens (primary N) is 1. The van der Waals surface area contributed by atoms with Crippen LogP contribution in [0.3, 0.4) is 0 Å². The van der Waals surface area contributed by atoms with Crippen molar-refractivity contribution in [1.29, 1.82) is 5.26 Å². The highest BCUT2D eigenvalue weighted by atomic mass is 28.3. The number of benzene rings is 2. The summed E-state index contributed by atoms with van der Waals surface area (Å²) in [7, 11) is -1.95. The van der Waals surface area contributed by atoms with Crippen molar-refractivity contribution < 1.29 is 22.3 Å². The molecule has 8 heteroatoms. The maximum atomic E-state index is 14.7. The predicted octanol–water partition coefficient (Wildman–Crippen LogP) is 4.72. The number of hydrogen-bond acceptors (Lipinski definition) is 3. The van der Waals surface area contributed by atoms with Crippen LogP contribution in [0.15, 0.2) is 18.2 Å². The van der Waals surface area contributed by atoms with E-state index < -0.39 is 53.9 Å². The normalized spacial score (nSPS) is 10.7. The fraction of sp³-hybridized carbons (Fsp3) is 0.167. The molecule has 0 atom stereocenters. The van der Waals surface area contributed by atoms with Crippen molar-refractivity contribution in [2.24, 2.45) is 0 Å². The second kappa shape index (κ2) is 7.10. The molecule has 0 saturated heterocycles. The average molecular weight is 378 g/mol. The number of hydrogen-bond donors (Lipinski definition) is 1. The van der Waals surface area contributed by atoms with E-state index in [9.17, 15) is 17.6 Å². The molecule has 3 nitrogen and oxygen atoms in total. The summed E-state index contributed by atoms with van der Waals surface area (Å²) in [5, 5.41) is 8.80. The SMILES string of the molecule is C[Si](C)(C)C#Cc1c(N)c(F)c(F)c(Oc2ccc(F)c(C#N)c2)c1F. The first-order chi connectivity index (χ1) is 12.0. The topological polar surface area (TPSA) is 59.0 Å². The highest BCUT2D eigenvalue weighted by Gasteiger charge is 2.25. The van der Waals surface area contributed by atoms with Gasteiger partial charge in [-0.15, -0.1) is 5.54 Å². The van der Waals surface area contributed by atoms with Crippen molar-refractivity contribution in [3.63, 3.8) is 0 Å². The van der Waals surface area contributed by atoms with E-state index in [0.29, 0.717) is 0 Å². The summed E-state index contributed by atoms with van der Waals surface area (Å²) in [6, 6.07) is 4.45. The summed E-state index contributed by atoms with van der Waals surface area (Å²) in [6.45, 7) is 5.65. The highest BCUT2D eigenvalue weighted by molar-refractivity contribution is 6.83. The van der Waals surface area contributed by atoms with E-state index in [-0.39, 0.29) is 5.75 Å². The van der Waals surface area contributed by atoms with Gasteiger partial charge in [0.15, 0.2) is 11.6 Å². The molecule has 2 rings (SSSR count). The molecule has 0 amide bonds. The van der Waals surface area contributed by atoms with Crippen LogP contribution in [-0.2, 0) is 0 Å². The second-order valence-electron chi connectivity index (χ2n) is 6.42. The Labute approximate surface area is 149 Å². The van der Waals surface area contributed by atoms with Gasteiger partial charge in [0.05, 0.1) is 16.8 Å². The molecular weight excluding hydrogens is 364 g/mol. The third-order valence-electron chi connectivity index (χ3n) is 3.16. The number of nitriles is 1. The number of anilines is 1. The molecule has 0 unspecified atom stereocenters. The highest BCUT2D eigenvalue weighted by Crippen LogP contribution is 2.35.